The van der Waals surface area contributed by atoms with Gasteiger partial charge < -0.3 is 4.74 Å². The quantitative estimate of drug-likeness (QED) is 0.738. The maximum Gasteiger partial charge on any atom is 0.330 e. The largest absolute Gasteiger partial charge is 0.464 e. The molecule has 0 radical (unpaired) electrons. The minimum atomic E-state index is -0.666. The van der Waals surface area contributed by atoms with Crippen molar-refractivity contribution >= 4 is 5.97 Å². The highest BCUT2D eigenvalue weighted by Gasteiger charge is 2.27. The third-order valence-corrected chi connectivity index (χ3v) is 2.84. The maximum absolute atomic E-state index is 11.7. The molecular formula is C12H16N2O3. The zero-order chi connectivity index (χ0) is 12.4. The fourth-order valence-corrected chi connectivity index (χ4v) is 1.68. The second kappa shape index (κ2) is 4.69. The van der Waals surface area contributed by atoms with Gasteiger partial charge in [0, 0.05) is 12.0 Å². The predicted molar refractivity (Wildman–Crippen MR) is 61.8 cm³/mol. The summed E-state index contributed by atoms with van der Waals surface area (Å²) in [7, 11) is 0. The van der Waals surface area contributed by atoms with Crippen LogP contribution in [0.25, 0.3) is 0 Å². The molecule has 0 saturated heterocycles. The summed E-state index contributed by atoms with van der Waals surface area (Å²) in [6.45, 7) is 3.67. The Morgan fingerprint density at radius 2 is 2.29 bits per heavy atom. The number of ether oxygens (including phenoxy) is 1. The van der Waals surface area contributed by atoms with Crippen molar-refractivity contribution in [2.75, 3.05) is 6.61 Å². The van der Waals surface area contributed by atoms with E-state index in [1.807, 2.05) is 0 Å². The van der Waals surface area contributed by atoms with E-state index in [0.29, 0.717) is 12.5 Å². The van der Waals surface area contributed by atoms with E-state index in [1.165, 1.54) is 10.7 Å². The predicted octanol–water partition coefficient (Wildman–Crippen LogP) is 1.24. The molecule has 0 aliphatic heterocycles. The van der Waals surface area contributed by atoms with Crippen LogP contribution in [0.2, 0.25) is 0 Å². The Hall–Kier alpha value is -1.65. The Labute approximate surface area is 99.4 Å². The van der Waals surface area contributed by atoms with Crippen molar-refractivity contribution in [3.63, 3.8) is 0 Å². The lowest BCUT2D eigenvalue weighted by Gasteiger charge is -2.13. The molecule has 1 fully saturated rings. The Kier molecular flexibility index (Phi) is 3.26. The van der Waals surface area contributed by atoms with Crippen LogP contribution < -0.4 is 5.56 Å². The molecule has 92 valence electrons. The fraction of sp³-hybridized carbons (Fsp3) is 0.583. The zero-order valence-electron chi connectivity index (χ0n) is 10.0. The normalized spacial score (nSPS) is 16.6. The van der Waals surface area contributed by atoms with Crippen molar-refractivity contribution in [2.45, 2.75) is 38.6 Å². The number of carbonyl (C=O) groups is 1. The summed E-state index contributed by atoms with van der Waals surface area (Å²) in [4.78, 5) is 23.2. The topological polar surface area (TPSA) is 61.2 Å². The van der Waals surface area contributed by atoms with Crippen LogP contribution in [0.1, 0.15) is 44.3 Å². The van der Waals surface area contributed by atoms with Gasteiger partial charge in [-0.1, -0.05) is 0 Å². The second-order valence-electron chi connectivity index (χ2n) is 4.24. The molecule has 17 heavy (non-hydrogen) atoms. The molecule has 0 amide bonds. The van der Waals surface area contributed by atoms with Gasteiger partial charge >= 0.3 is 5.97 Å². The van der Waals surface area contributed by atoms with Crippen LogP contribution in [-0.2, 0) is 9.53 Å². The molecule has 0 spiro atoms. The van der Waals surface area contributed by atoms with Gasteiger partial charge in [-0.15, -0.1) is 0 Å². The van der Waals surface area contributed by atoms with E-state index < -0.39 is 12.0 Å². The number of esters is 1. The van der Waals surface area contributed by atoms with E-state index >= 15 is 0 Å². The van der Waals surface area contributed by atoms with Crippen LogP contribution in [0.5, 0.6) is 0 Å². The lowest BCUT2D eigenvalue weighted by Crippen LogP contribution is -2.31. The summed E-state index contributed by atoms with van der Waals surface area (Å²) in [5.74, 6) is 0.0336. The number of hydrogen-bond donors (Lipinski definition) is 0. The van der Waals surface area contributed by atoms with E-state index in [0.717, 1.165) is 18.5 Å². The van der Waals surface area contributed by atoms with Crippen molar-refractivity contribution in [2.24, 2.45) is 0 Å². The van der Waals surface area contributed by atoms with Gasteiger partial charge in [0.15, 0.2) is 6.04 Å². The van der Waals surface area contributed by atoms with Gasteiger partial charge in [0.25, 0.3) is 5.56 Å². The van der Waals surface area contributed by atoms with Crippen molar-refractivity contribution < 1.29 is 9.53 Å². The van der Waals surface area contributed by atoms with Crippen LogP contribution >= 0.6 is 0 Å². The van der Waals surface area contributed by atoms with E-state index in [2.05, 4.69) is 5.10 Å². The third-order valence-electron chi connectivity index (χ3n) is 2.84. The molecule has 1 aromatic rings. The summed E-state index contributed by atoms with van der Waals surface area (Å²) in [6.07, 6.45) is 2.22. The molecule has 1 aliphatic carbocycles. The molecular weight excluding hydrogens is 220 g/mol. The zero-order valence-corrected chi connectivity index (χ0v) is 10.0. The van der Waals surface area contributed by atoms with Gasteiger partial charge in [0.2, 0.25) is 0 Å². The Morgan fingerprint density at radius 1 is 1.59 bits per heavy atom. The van der Waals surface area contributed by atoms with Gasteiger partial charge in [-0.3, -0.25) is 4.79 Å². The minimum Gasteiger partial charge on any atom is -0.464 e. The Balaban J connectivity index is 2.26. The molecule has 1 aliphatic rings. The Morgan fingerprint density at radius 3 is 2.88 bits per heavy atom. The van der Waals surface area contributed by atoms with Crippen molar-refractivity contribution in [1.29, 1.82) is 0 Å². The third kappa shape index (κ3) is 2.54. The number of rotatable bonds is 4. The van der Waals surface area contributed by atoms with Crippen molar-refractivity contribution in [3.05, 3.63) is 28.2 Å². The van der Waals surface area contributed by atoms with E-state index in [1.54, 1.807) is 19.9 Å². The standard InChI is InChI=1S/C12H16N2O3/c1-3-17-12(16)8(2)14-11(15)7-6-10(13-14)9-4-5-9/h6-9H,3-5H2,1-2H3. The molecule has 0 bridgehead atoms. The number of aromatic nitrogens is 2. The SMILES string of the molecule is CCOC(=O)C(C)n1nc(C2CC2)ccc1=O. The van der Waals surface area contributed by atoms with Crippen LogP contribution in [0.15, 0.2) is 16.9 Å². The highest BCUT2D eigenvalue weighted by molar-refractivity contribution is 5.73. The monoisotopic (exact) mass is 236 g/mol. The van der Waals surface area contributed by atoms with Crippen LogP contribution in [0.4, 0.5) is 0 Å². The second-order valence-corrected chi connectivity index (χ2v) is 4.24. The molecule has 5 nitrogen and oxygen atoms in total. The van der Waals surface area contributed by atoms with Crippen LogP contribution in [0, 0.1) is 0 Å². The summed E-state index contributed by atoms with van der Waals surface area (Å²) in [6, 6.07) is 2.55. The average Bonchev–Trinajstić information content (AvgIpc) is 3.13. The molecule has 2 rings (SSSR count). The van der Waals surface area contributed by atoms with Crippen molar-refractivity contribution in [1.82, 2.24) is 9.78 Å². The lowest BCUT2D eigenvalue weighted by atomic mass is 10.2. The summed E-state index contributed by atoms with van der Waals surface area (Å²) >= 11 is 0. The highest BCUT2D eigenvalue weighted by Crippen LogP contribution is 2.38. The summed E-state index contributed by atoms with van der Waals surface area (Å²) in [5, 5.41) is 4.24. The van der Waals surface area contributed by atoms with E-state index in [4.69, 9.17) is 4.74 Å². The van der Waals surface area contributed by atoms with Crippen LogP contribution in [-0.4, -0.2) is 22.4 Å². The molecule has 1 unspecified atom stereocenters. The number of carbonyl (C=O) groups excluding carboxylic acids is 1. The van der Waals surface area contributed by atoms with Gasteiger partial charge in [-0.25, -0.2) is 9.48 Å². The van der Waals surface area contributed by atoms with E-state index in [-0.39, 0.29) is 5.56 Å². The Bertz CT molecular complexity index is 477. The molecule has 0 N–H and O–H groups in total. The number of nitrogens with zero attached hydrogens (tertiary/aromatic N) is 2. The first kappa shape index (κ1) is 11.8. The minimum absolute atomic E-state index is 0.269. The summed E-state index contributed by atoms with van der Waals surface area (Å²) < 4.78 is 6.10. The van der Waals surface area contributed by atoms with Crippen LogP contribution in [0.3, 0.4) is 0 Å². The first-order valence-corrected chi connectivity index (χ1v) is 5.90. The maximum atomic E-state index is 11.7. The van der Waals surface area contributed by atoms with E-state index in [9.17, 15) is 9.59 Å². The first-order valence-electron chi connectivity index (χ1n) is 5.90. The molecule has 5 heteroatoms. The summed E-state index contributed by atoms with van der Waals surface area (Å²) in [5.41, 5.74) is 0.621. The smallest absolute Gasteiger partial charge is 0.330 e. The lowest BCUT2D eigenvalue weighted by molar-refractivity contribution is -0.147. The number of hydrogen-bond acceptors (Lipinski definition) is 4. The molecule has 1 aromatic heterocycles. The molecule has 0 aromatic carbocycles. The molecule has 1 heterocycles. The highest BCUT2D eigenvalue weighted by atomic mass is 16.5. The average molecular weight is 236 g/mol. The van der Waals surface area contributed by atoms with Gasteiger partial charge in [0.05, 0.1) is 12.3 Å². The van der Waals surface area contributed by atoms with Gasteiger partial charge in [0.1, 0.15) is 0 Å². The van der Waals surface area contributed by atoms with Gasteiger partial charge in [-0.2, -0.15) is 5.10 Å². The fourth-order valence-electron chi connectivity index (χ4n) is 1.68. The van der Waals surface area contributed by atoms with Crippen molar-refractivity contribution in [3.8, 4) is 0 Å². The first-order chi connectivity index (χ1) is 8.13. The molecule has 1 saturated carbocycles. The van der Waals surface area contributed by atoms with Gasteiger partial charge in [-0.05, 0) is 32.8 Å². The molecule has 1 atom stereocenters.